The second-order valence-corrected chi connectivity index (χ2v) is 8.22. The Balaban J connectivity index is 1.58. The topological polar surface area (TPSA) is 59.5 Å². The lowest BCUT2D eigenvalue weighted by Crippen LogP contribution is -2.37. The number of nitrogens with zero attached hydrogens (tertiary/aromatic N) is 2. The predicted molar refractivity (Wildman–Crippen MR) is 121 cm³/mol. The average Bonchev–Trinajstić information content (AvgIpc) is 3.02. The Hall–Kier alpha value is -3.21. The van der Waals surface area contributed by atoms with E-state index in [0.29, 0.717) is 12.1 Å². The number of amides is 1. The number of para-hydroxylation sites is 1. The number of hydrogen-bond donors (Lipinski definition) is 0. The number of hydrogen-bond acceptors (Lipinski definition) is 4. The molecule has 5 nitrogen and oxygen atoms in total. The molecule has 1 aliphatic rings. The summed E-state index contributed by atoms with van der Waals surface area (Å²) in [4.78, 5) is 32.6. The summed E-state index contributed by atoms with van der Waals surface area (Å²) in [7, 11) is 1.73. The first kappa shape index (κ1) is 21.0. The van der Waals surface area contributed by atoms with Gasteiger partial charge in [-0.1, -0.05) is 55.0 Å². The van der Waals surface area contributed by atoms with E-state index in [1.807, 2.05) is 54.6 Å². The molecule has 1 aromatic heterocycles. The van der Waals surface area contributed by atoms with Gasteiger partial charge in [-0.15, -0.1) is 0 Å². The number of carbonyl (C=O) groups is 2. The van der Waals surface area contributed by atoms with Gasteiger partial charge in [-0.3, -0.25) is 9.78 Å². The van der Waals surface area contributed by atoms with Crippen molar-refractivity contribution >= 4 is 22.8 Å². The Bertz CT molecular complexity index is 1090. The van der Waals surface area contributed by atoms with Crippen molar-refractivity contribution in [2.45, 2.75) is 51.7 Å². The van der Waals surface area contributed by atoms with Crippen LogP contribution >= 0.6 is 0 Å². The van der Waals surface area contributed by atoms with Crippen LogP contribution in [0, 0.1) is 0 Å². The minimum atomic E-state index is -0.866. The summed E-state index contributed by atoms with van der Waals surface area (Å²) in [5.41, 5.74) is 4.38. The van der Waals surface area contributed by atoms with Crippen LogP contribution in [0.3, 0.4) is 0 Å². The highest BCUT2D eigenvalue weighted by molar-refractivity contribution is 6.05. The fraction of sp³-hybridized carbons (Fsp3) is 0.346. The van der Waals surface area contributed by atoms with Gasteiger partial charge in [0.1, 0.15) is 0 Å². The molecule has 3 aromatic rings. The summed E-state index contributed by atoms with van der Waals surface area (Å²) >= 11 is 0. The predicted octanol–water partition coefficient (Wildman–Crippen LogP) is 4.71. The first-order chi connectivity index (χ1) is 15.0. The van der Waals surface area contributed by atoms with Gasteiger partial charge >= 0.3 is 5.97 Å². The van der Waals surface area contributed by atoms with Crippen molar-refractivity contribution in [2.24, 2.45) is 0 Å². The number of esters is 1. The highest BCUT2D eigenvalue weighted by Gasteiger charge is 2.27. The number of ether oxygens (including phenoxy) is 1. The van der Waals surface area contributed by atoms with E-state index in [4.69, 9.17) is 9.72 Å². The standard InChI is InChI=1S/C26H28N2O3/c1-18(25(29)28(2)17-19-11-5-3-6-12-19)31-26(30)24-20-13-7-4-8-15-22(20)27-23-16-10-9-14-21(23)24/h3,5-6,9-12,14,16,18H,4,7-8,13,15,17H2,1-2H3/t18-/m1/s1. The van der Waals surface area contributed by atoms with Crippen molar-refractivity contribution in [3.8, 4) is 0 Å². The Labute approximate surface area is 183 Å². The van der Waals surface area contributed by atoms with E-state index in [9.17, 15) is 9.59 Å². The quantitative estimate of drug-likeness (QED) is 0.447. The van der Waals surface area contributed by atoms with Crippen molar-refractivity contribution < 1.29 is 14.3 Å². The Kier molecular flexibility index (Phi) is 6.31. The molecular weight excluding hydrogens is 388 g/mol. The normalized spacial score (nSPS) is 14.4. The SMILES string of the molecule is C[C@@H](OC(=O)c1c2c(nc3ccccc13)CCCCC2)C(=O)N(C)Cc1ccccc1. The Morgan fingerprint density at radius 2 is 1.71 bits per heavy atom. The first-order valence-electron chi connectivity index (χ1n) is 10.9. The molecular formula is C26H28N2O3. The zero-order valence-corrected chi connectivity index (χ0v) is 18.1. The molecule has 0 unspecified atom stereocenters. The molecule has 0 saturated carbocycles. The van der Waals surface area contributed by atoms with E-state index in [1.165, 1.54) is 0 Å². The molecule has 160 valence electrons. The van der Waals surface area contributed by atoms with E-state index in [1.54, 1.807) is 18.9 Å². The number of aromatic nitrogens is 1. The van der Waals surface area contributed by atoms with Crippen molar-refractivity contribution in [1.29, 1.82) is 0 Å². The third kappa shape index (κ3) is 4.61. The number of rotatable bonds is 5. The van der Waals surface area contributed by atoms with Crippen LogP contribution in [0.2, 0.25) is 0 Å². The van der Waals surface area contributed by atoms with Gasteiger partial charge in [-0.2, -0.15) is 0 Å². The van der Waals surface area contributed by atoms with Crippen LogP contribution < -0.4 is 0 Å². The fourth-order valence-corrected chi connectivity index (χ4v) is 4.30. The molecule has 0 saturated heterocycles. The zero-order valence-electron chi connectivity index (χ0n) is 18.1. The van der Waals surface area contributed by atoms with Crippen LogP contribution in [0.25, 0.3) is 10.9 Å². The summed E-state index contributed by atoms with van der Waals surface area (Å²) in [5.74, 6) is -0.660. The van der Waals surface area contributed by atoms with E-state index in [-0.39, 0.29) is 5.91 Å². The molecule has 31 heavy (non-hydrogen) atoms. The highest BCUT2D eigenvalue weighted by Crippen LogP contribution is 2.29. The van der Waals surface area contributed by atoms with Gasteiger partial charge in [0.2, 0.25) is 0 Å². The van der Waals surface area contributed by atoms with Gasteiger partial charge in [-0.05, 0) is 49.8 Å². The maximum absolute atomic E-state index is 13.3. The number of aryl methyl sites for hydroxylation is 1. The van der Waals surface area contributed by atoms with Crippen LogP contribution in [0.5, 0.6) is 0 Å². The van der Waals surface area contributed by atoms with Gasteiger partial charge in [-0.25, -0.2) is 4.79 Å². The van der Waals surface area contributed by atoms with Crippen molar-refractivity contribution in [2.75, 3.05) is 7.05 Å². The first-order valence-corrected chi connectivity index (χ1v) is 10.9. The second-order valence-electron chi connectivity index (χ2n) is 8.22. The smallest absolute Gasteiger partial charge is 0.339 e. The summed E-state index contributed by atoms with van der Waals surface area (Å²) in [6.45, 7) is 2.11. The molecule has 2 aromatic carbocycles. The summed E-state index contributed by atoms with van der Waals surface area (Å²) in [5, 5.41) is 0.797. The van der Waals surface area contributed by atoms with Gasteiger partial charge in [0.25, 0.3) is 5.91 Å². The molecule has 1 amide bonds. The largest absolute Gasteiger partial charge is 0.449 e. The third-order valence-electron chi connectivity index (χ3n) is 5.89. The van der Waals surface area contributed by atoms with Crippen molar-refractivity contribution in [1.82, 2.24) is 9.88 Å². The van der Waals surface area contributed by atoms with Crippen LogP contribution in [-0.4, -0.2) is 34.9 Å². The lowest BCUT2D eigenvalue weighted by molar-refractivity contribution is -0.139. The molecule has 5 heteroatoms. The number of pyridine rings is 1. The summed E-state index contributed by atoms with van der Waals surface area (Å²) < 4.78 is 5.71. The number of carbonyl (C=O) groups excluding carboxylic acids is 2. The highest BCUT2D eigenvalue weighted by atomic mass is 16.5. The molecule has 4 rings (SSSR count). The van der Waals surface area contributed by atoms with E-state index < -0.39 is 12.1 Å². The van der Waals surface area contributed by atoms with Crippen LogP contribution in [-0.2, 0) is 28.9 Å². The minimum absolute atomic E-state index is 0.221. The number of likely N-dealkylation sites (N-methyl/N-ethyl adjacent to an activating group) is 1. The van der Waals surface area contributed by atoms with Crippen molar-refractivity contribution in [3.63, 3.8) is 0 Å². The molecule has 0 bridgehead atoms. The Morgan fingerprint density at radius 3 is 2.52 bits per heavy atom. The minimum Gasteiger partial charge on any atom is -0.449 e. The van der Waals surface area contributed by atoms with E-state index in [0.717, 1.165) is 59.8 Å². The monoisotopic (exact) mass is 416 g/mol. The zero-order chi connectivity index (χ0) is 21.8. The van der Waals surface area contributed by atoms with Crippen LogP contribution in [0.15, 0.2) is 54.6 Å². The fourth-order valence-electron chi connectivity index (χ4n) is 4.30. The van der Waals surface area contributed by atoms with Crippen molar-refractivity contribution in [3.05, 3.63) is 77.0 Å². The van der Waals surface area contributed by atoms with Gasteiger partial charge < -0.3 is 9.64 Å². The molecule has 1 aliphatic carbocycles. The molecule has 0 N–H and O–H groups in total. The van der Waals surface area contributed by atoms with Crippen LogP contribution in [0.4, 0.5) is 0 Å². The third-order valence-corrected chi connectivity index (χ3v) is 5.89. The molecule has 0 spiro atoms. The molecule has 0 fully saturated rings. The molecule has 1 heterocycles. The molecule has 0 aliphatic heterocycles. The lowest BCUT2D eigenvalue weighted by Gasteiger charge is -2.22. The van der Waals surface area contributed by atoms with Gasteiger partial charge in [0.15, 0.2) is 6.10 Å². The van der Waals surface area contributed by atoms with Gasteiger partial charge in [0, 0.05) is 24.7 Å². The van der Waals surface area contributed by atoms with Crippen LogP contribution in [0.1, 0.15) is 53.4 Å². The van der Waals surface area contributed by atoms with E-state index in [2.05, 4.69) is 0 Å². The molecule has 0 radical (unpaired) electrons. The average molecular weight is 417 g/mol. The van der Waals surface area contributed by atoms with Gasteiger partial charge in [0.05, 0.1) is 11.1 Å². The lowest BCUT2D eigenvalue weighted by atomic mass is 9.97. The number of benzene rings is 2. The second kappa shape index (κ2) is 9.29. The van der Waals surface area contributed by atoms with E-state index >= 15 is 0 Å². The summed E-state index contributed by atoms with van der Waals surface area (Å²) in [6.07, 6.45) is 4.05. The number of fused-ring (bicyclic) bond motifs is 2. The maximum atomic E-state index is 13.3. The summed E-state index contributed by atoms with van der Waals surface area (Å²) in [6, 6.07) is 17.5. The molecule has 1 atom stereocenters. The Morgan fingerprint density at radius 1 is 1.00 bits per heavy atom. The maximum Gasteiger partial charge on any atom is 0.339 e.